The molecular formula is C30H45N7O5S. The normalized spacial score (nSPS) is 14.7. The van der Waals surface area contributed by atoms with Crippen LogP contribution in [0.5, 0.6) is 0 Å². The van der Waals surface area contributed by atoms with Gasteiger partial charge in [0.2, 0.25) is 0 Å². The van der Waals surface area contributed by atoms with Gasteiger partial charge in [0.05, 0.1) is 28.8 Å². The summed E-state index contributed by atoms with van der Waals surface area (Å²) in [7, 11) is 1.10. The van der Waals surface area contributed by atoms with Gasteiger partial charge < -0.3 is 24.3 Å². The Morgan fingerprint density at radius 1 is 1.23 bits per heavy atom. The quantitative estimate of drug-likeness (QED) is 0.171. The number of ether oxygens (including phenoxy) is 2. The van der Waals surface area contributed by atoms with Gasteiger partial charge in [0, 0.05) is 49.3 Å². The molecule has 43 heavy (non-hydrogen) atoms. The fraction of sp³-hybridized carbons (Fsp3) is 0.567. The molecule has 0 aliphatic carbocycles. The Labute approximate surface area is 254 Å². The van der Waals surface area contributed by atoms with Gasteiger partial charge in [-0.2, -0.15) is 5.10 Å². The van der Waals surface area contributed by atoms with Gasteiger partial charge in [0.25, 0.3) is 0 Å². The van der Waals surface area contributed by atoms with E-state index in [0.29, 0.717) is 42.8 Å². The van der Waals surface area contributed by atoms with Crippen LogP contribution in [0.2, 0.25) is 0 Å². The molecule has 0 aromatic carbocycles. The molecule has 0 saturated carbocycles. The lowest BCUT2D eigenvalue weighted by Gasteiger charge is -2.30. The van der Waals surface area contributed by atoms with Gasteiger partial charge in [-0.3, -0.25) is 14.8 Å². The standard InChI is InChI=1S/C30H45N7O5S/c1-20(2)33-26-23(37(39)40)17-31-28-25(26)24(21-10-12-35(13-11-21)29(38)42-30(3,4)5)27(22-16-32-34(6)18-22)36(28)19-41-14-15-43(7,8)9/h10,16-18,20H,11-15,19H2,1-9H3,(H,31,33). The third-order valence-corrected chi connectivity index (χ3v) is 8.29. The number of aromatic nitrogens is 4. The molecule has 12 nitrogen and oxygen atoms in total. The van der Waals surface area contributed by atoms with E-state index in [1.807, 2.05) is 58.5 Å². The molecule has 4 heterocycles. The van der Waals surface area contributed by atoms with E-state index in [1.165, 1.54) is 6.20 Å². The first-order valence-electron chi connectivity index (χ1n) is 14.4. The van der Waals surface area contributed by atoms with Crippen LogP contribution in [-0.4, -0.2) is 91.1 Å². The van der Waals surface area contributed by atoms with Crippen molar-refractivity contribution in [2.75, 3.05) is 49.5 Å². The maximum atomic E-state index is 12.8. The first-order chi connectivity index (χ1) is 20.1. The second-order valence-electron chi connectivity index (χ2n) is 13.1. The average molecular weight is 616 g/mol. The highest BCUT2D eigenvalue weighted by Gasteiger charge is 2.32. The lowest BCUT2D eigenvalue weighted by molar-refractivity contribution is -0.384. The maximum absolute atomic E-state index is 12.8. The molecular weight excluding hydrogens is 570 g/mol. The molecule has 0 unspecified atom stereocenters. The zero-order valence-corrected chi connectivity index (χ0v) is 27.6. The van der Waals surface area contributed by atoms with Crippen molar-refractivity contribution < 1.29 is 19.2 Å². The van der Waals surface area contributed by atoms with Crippen LogP contribution < -0.4 is 5.32 Å². The minimum absolute atomic E-state index is 0.0728. The fourth-order valence-electron chi connectivity index (χ4n) is 5.00. The van der Waals surface area contributed by atoms with Gasteiger partial charge in [0.1, 0.15) is 29.9 Å². The van der Waals surface area contributed by atoms with E-state index in [0.717, 1.165) is 28.1 Å². The van der Waals surface area contributed by atoms with E-state index in [-0.39, 0.29) is 24.6 Å². The van der Waals surface area contributed by atoms with Gasteiger partial charge in [0.15, 0.2) is 0 Å². The summed E-state index contributed by atoms with van der Waals surface area (Å²) in [5, 5.41) is 20.7. The third-order valence-electron chi connectivity index (χ3n) is 6.90. The summed E-state index contributed by atoms with van der Waals surface area (Å²) >= 11 is 0. The Morgan fingerprint density at radius 2 is 1.95 bits per heavy atom. The number of aryl methyl sites for hydroxylation is 1. The van der Waals surface area contributed by atoms with Crippen molar-refractivity contribution in [2.45, 2.75) is 59.4 Å². The number of carbonyl (C=O) groups excluding carboxylic acids is 1. The van der Waals surface area contributed by atoms with Crippen molar-refractivity contribution in [3.63, 3.8) is 0 Å². The molecule has 1 aliphatic heterocycles. The molecule has 4 rings (SSSR count). The Kier molecular flexibility index (Phi) is 9.45. The Morgan fingerprint density at radius 3 is 2.49 bits per heavy atom. The molecule has 13 heteroatoms. The molecule has 3 aromatic heterocycles. The minimum atomic E-state index is -0.751. The number of rotatable bonds is 10. The van der Waals surface area contributed by atoms with Crippen LogP contribution in [0.15, 0.2) is 24.7 Å². The average Bonchev–Trinajstić information content (AvgIpc) is 3.46. The van der Waals surface area contributed by atoms with Crippen molar-refractivity contribution in [3.8, 4) is 11.3 Å². The van der Waals surface area contributed by atoms with Crippen molar-refractivity contribution in [1.82, 2.24) is 24.2 Å². The number of amides is 1. The van der Waals surface area contributed by atoms with Crippen LogP contribution in [-0.2, 0) is 23.3 Å². The Bertz CT molecular complexity index is 1530. The van der Waals surface area contributed by atoms with E-state index in [1.54, 1.807) is 15.8 Å². The van der Waals surface area contributed by atoms with Gasteiger partial charge in [-0.05, 0) is 65.4 Å². The number of hydrogen-bond donors (Lipinski definition) is 1. The monoisotopic (exact) mass is 615 g/mol. The van der Waals surface area contributed by atoms with Crippen molar-refractivity contribution >= 4 is 44.1 Å². The van der Waals surface area contributed by atoms with Crippen LogP contribution in [0.1, 0.15) is 46.6 Å². The summed E-state index contributed by atoms with van der Waals surface area (Å²) in [6.45, 7) is 11.0. The summed E-state index contributed by atoms with van der Waals surface area (Å²) in [6, 6.07) is -0.0728. The maximum Gasteiger partial charge on any atom is 0.410 e. The van der Waals surface area contributed by atoms with Crippen LogP contribution in [0.25, 0.3) is 27.9 Å². The molecule has 0 bridgehead atoms. The summed E-state index contributed by atoms with van der Waals surface area (Å²) in [4.78, 5) is 31.0. The number of hydrogen-bond acceptors (Lipinski definition) is 8. The van der Waals surface area contributed by atoms with Crippen molar-refractivity contribution in [3.05, 3.63) is 40.3 Å². The van der Waals surface area contributed by atoms with E-state index < -0.39 is 20.6 Å². The van der Waals surface area contributed by atoms with Crippen LogP contribution in [0.3, 0.4) is 0 Å². The zero-order valence-electron chi connectivity index (χ0n) is 26.8. The summed E-state index contributed by atoms with van der Waals surface area (Å²) in [6.07, 6.45) is 14.0. The van der Waals surface area contributed by atoms with E-state index in [2.05, 4.69) is 34.2 Å². The first kappa shape index (κ1) is 32.3. The molecule has 0 spiro atoms. The number of nitro groups is 1. The van der Waals surface area contributed by atoms with Crippen LogP contribution in [0, 0.1) is 10.1 Å². The zero-order chi connectivity index (χ0) is 31.7. The van der Waals surface area contributed by atoms with Gasteiger partial charge in [-0.1, -0.05) is 6.08 Å². The molecule has 3 aromatic rings. The molecule has 0 fully saturated rings. The van der Waals surface area contributed by atoms with Crippen LogP contribution >= 0.6 is 10.0 Å². The SMILES string of the molecule is CC(C)Nc1c([N+](=O)[O-])cnc2c1c(C1=CCN(C(=O)OC(C)(C)C)CC1)c(-c1cnn(C)c1)n2COCCS(C)(C)C. The molecule has 1 N–H and O–H groups in total. The van der Waals surface area contributed by atoms with Crippen LogP contribution in [0.4, 0.5) is 16.2 Å². The van der Waals surface area contributed by atoms with E-state index in [9.17, 15) is 14.9 Å². The summed E-state index contributed by atoms with van der Waals surface area (Å²) in [5.41, 5.74) is 3.77. The number of pyridine rings is 1. The first-order valence-corrected chi connectivity index (χ1v) is 17.4. The molecule has 236 valence electrons. The molecule has 0 atom stereocenters. The number of carbonyl (C=O) groups is 1. The van der Waals surface area contributed by atoms with Gasteiger partial charge >= 0.3 is 11.8 Å². The van der Waals surface area contributed by atoms with E-state index in [4.69, 9.17) is 9.47 Å². The predicted molar refractivity (Wildman–Crippen MR) is 174 cm³/mol. The number of nitrogens with zero attached hydrogens (tertiary/aromatic N) is 6. The van der Waals surface area contributed by atoms with Crippen molar-refractivity contribution in [2.24, 2.45) is 7.05 Å². The highest BCUT2D eigenvalue weighted by Crippen LogP contribution is 2.45. The smallest absolute Gasteiger partial charge is 0.410 e. The summed E-state index contributed by atoms with van der Waals surface area (Å²) in [5.74, 6) is 0.950. The fourth-order valence-corrected chi connectivity index (χ4v) is 5.62. The third kappa shape index (κ3) is 7.69. The van der Waals surface area contributed by atoms with Gasteiger partial charge in [-0.15, -0.1) is 0 Å². The lowest BCUT2D eigenvalue weighted by atomic mass is 9.94. The second kappa shape index (κ2) is 12.6. The molecule has 1 aliphatic rings. The van der Waals surface area contributed by atoms with Crippen molar-refractivity contribution in [1.29, 1.82) is 0 Å². The molecule has 1 amide bonds. The number of fused-ring (bicyclic) bond motifs is 1. The lowest BCUT2D eigenvalue weighted by Crippen LogP contribution is -2.39. The van der Waals surface area contributed by atoms with E-state index >= 15 is 0 Å². The summed E-state index contributed by atoms with van der Waals surface area (Å²) < 4.78 is 15.6. The number of anilines is 1. The minimum Gasteiger partial charge on any atom is -0.444 e. The number of nitrogens with one attached hydrogen (secondary N) is 1. The highest BCUT2D eigenvalue weighted by atomic mass is 32.3. The van der Waals surface area contributed by atoms with Gasteiger partial charge in [-0.25, -0.2) is 19.8 Å². The topological polar surface area (TPSA) is 130 Å². The Balaban J connectivity index is 1.94. The highest BCUT2D eigenvalue weighted by molar-refractivity contribution is 8.32. The molecule has 0 radical (unpaired) electrons. The Hall–Kier alpha value is -3.58. The predicted octanol–water partition coefficient (Wildman–Crippen LogP) is 5.86. The largest absolute Gasteiger partial charge is 0.444 e. The molecule has 0 saturated heterocycles. The second-order valence-corrected chi connectivity index (χ2v) is 17.7.